The zero-order chi connectivity index (χ0) is 28.3. The molecule has 1 saturated heterocycles. The van der Waals surface area contributed by atoms with Crippen molar-refractivity contribution in [1.82, 2.24) is 0 Å². The molecule has 2 unspecified atom stereocenters. The molecule has 216 valence electrons. The zero-order valence-electron chi connectivity index (χ0n) is 24.0. The van der Waals surface area contributed by atoms with E-state index in [1.54, 1.807) is 30.3 Å². The van der Waals surface area contributed by atoms with Gasteiger partial charge in [0.25, 0.3) is 0 Å². The molecule has 40 heavy (non-hydrogen) atoms. The Bertz CT molecular complexity index is 1200. The van der Waals surface area contributed by atoms with Gasteiger partial charge in [-0.2, -0.15) is 4.39 Å². The Hall–Kier alpha value is -2.79. The average Bonchev–Trinajstić information content (AvgIpc) is 2.98. The third-order valence-electron chi connectivity index (χ3n) is 8.02. The van der Waals surface area contributed by atoms with Gasteiger partial charge in [-0.25, -0.2) is 8.78 Å². The van der Waals surface area contributed by atoms with Crippen LogP contribution in [0.1, 0.15) is 96.0 Å². The standard InChI is InChI=1S/C35H43F3O2/c1-3-5-7-8-10-22-39-33-21-20-31(34(37)35(33)38)26-14-12-25(13-15-26)30-19-17-27(23-32(30)36)28-16-18-29(40-24-28)11-9-6-4-2/h12-15,17,19-21,23,28-29H,3-11,16,18,22,24H2,1-2H3. The predicted octanol–water partition coefficient (Wildman–Crippen LogP) is 10.6. The van der Waals surface area contributed by atoms with Crippen molar-refractivity contribution in [3.63, 3.8) is 0 Å². The normalized spacial score (nSPS) is 17.2. The van der Waals surface area contributed by atoms with E-state index in [0.29, 0.717) is 36.0 Å². The summed E-state index contributed by atoms with van der Waals surface area (Å²) in [5.74, 6) is -2.06. The number of hydrogen-bond acceptors (Lipinski definition) is 2. The number of unbranched alkanes of at least 4 members (excludes halogenated alkanes) is 6. The van der Waals surface area contributed by atoms with E-state index < -0.39 is 11.6 Å². The van der Waals surface area contributed by atoms with Crippen LogP contribution in [0.3, 0.4) is 0 Å². The first-order chi connectivity index (χ1) is 19.5. The minimum Gasteiger partial charge on any atom is -0.490 e. The molecule has 0 aromatic heterocycles. The van der Waals surface area contributed by atoms with Gasteiger partial charge in [0.2, 0.25) is 5.82 Å². The van der Waals surface area contributed by atoms with Crippen LogP contribution in [-0.4, -0.2) is 19.3 Å². The summed E-state index contributed by atoms with van der Waals surface area (Å²) in [6.07, 6.45) is 12.4. The second-order valence-corrected chi connectivity index (χ2v) is 11.0. The Balaban J connectivity index is 1.37. The van der Waals surface area contributed by atoms with Gasteiger partial charge in [0, 0.05) is 17.0 Å². The molecule has 0 saturated carbocycles. The molecule has 0 aliphatic carbocycles. The highest BCUT2D eigenvalue weighted by molar-refractivity contribution is 5.71. The van der Waals surface area contributed by atoms with Crippen LogP contribution in [0, 0.1) is 17.5 Å². The Morgan fingerprint density at radius 2 is 1.40 bits per heavy atom. The van der Waals surface area contributed by atoms with E-state index in [2.05, 4.69) is 13.8 Å². The van der Waals surface area contributed by atoms with Gasteiger partial charge in [0.15, 0.2) is 11.6 Å². The average molecular weight is 553 g/mol. The van der Waals surface area contributed by atoms with E-state index >= 15 is 4.39 Å². The topological polar surface area (TPSA) is 18.5 Å². The molecule has 1 aliphatic rings. The third-order valence-corrected chi connectivity index (χ3v) is 8.02. The van der Waals surface area contributed by atoms with Gasteiger partial charge in [-0.05, 0) is 60.6 Å². The van der Waals surface area contributed by atoms with Crippen LogP contribution in [0.15, 0.2) is 54.6 Å². The fourth-order valence-electron chi connectivity index (χ4n) is 5.52. The van der Waals surface area contributed by atoms with Crippen LogP contribution in [0.5, 0.6) is 5.75 Å². The highest BCUT2D eigenvalue weighted by atomic mass is 19.2. The van der Waals surface area contributed by atoms with Crippen LogP contribution in [0.25, 0.3) is 22.3 Å². The molecule has 0 bridgehead atoms. The fourth-order valence-corrected chi connectivity index (χ4v) is 5.52. The maximum atomic E-state index is 15.2. The maximum absolute atomic E-state index is 15.2. The first-order valence-corrected chi connectivity index (χ1v) is 15.1. The first kappa shape index (κ1) is 30.2. The van der Waals surface area contributed by atoms with Crippen molar-refractivity contribution in [3.8, 4) is 28.0 Å². The largest absolute Gasteiger partial charge is 0.490 e. The lowest BCUT2D eigenvalue weighted by atomic mass is 9.89. The molecule has 1 heterocycles. The van der Waals surface area contributed by atoms with Gasteiger partial charge in [-0.3, -0.25) is 0 Å². The third kappa shape index (κ3) is 7.90. The van der Waals surface area contributed by atoms with Crippen molar-refractivity contribution in [3.05, 3.63) is 77.6 Å². The van der Waals surface area contributed by atoms with Crippen molar-refractivity contribution < 1.29 is 22.6 Å². The summed E-state index contributed by atoms with van der Waals surface area (Å²) in [5.41, 5.74) is 2.81. The molecule has 4 rings (SSSR count). The quantitative estimate of drug-likeness (QED) is 0.185. The summed E-state index contributed by atoms with van der Waals surface area (Å²) in [6, 6.07) is 15.3. The van der Waals surface area contributed by atoms with E-state index in [1.807, 2.05) is 12.1 Å². The second kappa shape index (κ2) is 15.3. The highest BCUT2D eigenvalue weighted by Crippen LogP contribution is 2.35. The molecular weight excluding hydrogens is 509 g/mol. The summed E-state index contributed by atoms with van der Waals surface area (Å²) in [4.78, 5) is 0. The summed E-state index contributed by atoms with van der Waals surface area (Å²) >= 11 is 0. The van der Waals surface area contributed by atoms with Crippen molar-refractivity contribution >= 4 is 0 Å². The molecule has 3 aromatic carbocycles. The van der Waals surface area contributed by atoms with Gasteiger partial charge < -0.3 is 9.47 Å². The van der Waals surface area contributed by atoms with E-state index in [0.717, 1.165) is 50.5 Å². The van der Waals surface area contributed by atoms with Gasteiger partial charge in [-0.15, -0.1) is 0 Å². The van der Waals surface area contributed by atoms with Crippen LogP contribution in [0.2, 0.25) is 0 Å². The number of ether oxygens (including phenoxy) is 2. The minimum absolute atomic E-state index is 0.0640. The molecule has 0 radical (unpaired) electrons. The number of hydrogen-bond donors (Lipinski definition) is 0. The lowest BCUT2D eigenvalue weighted by molar-refractivity contribution is -0.00211. The number of rotatable bonds is 14. The molecule has 0 N–H and O–H groups in total. The van der Waals surface area contributed by atoms with Crippen LogP contribution in [0.4, 0.5) is 13.2 Å². The van der Waals surface area contributed by atoms with E-state index in [-0.39, 0.29) is 23.0 Å². The van der Waals surface area contributed by atoms with Crippen molar-refractivity contribution in [1.29, 1.82) is 0 Å². The van der Waals surface area contributed by atoms with Crippen LogP contribution >= 0.6 is 0 Å². The summed E-state index contributed by atoms with van der Waals surface area (Å²) in [5, 5.41) is 0. The van der Waals surface area contributed by atoms with Crippen molar-refractivity contribution in [2.75, 3.05) is 13.2 Å². The van der Waals surface area contributed by atoms with E-state index in [9.17, 15) is 8.78 Å². The van der Waals surface area contributed by atoms with Crippen LogP contribution < -0.4 is 4.74 Å². The molecule has 2 atom stereocenters. The summed E-state index contributed by atoms with van der Waals surface area (Å²) in [7, 11) is 0. The smallest absolute Gasteiger partial charge is 0.201 e. The summed E-state index contributed by atoms with van der Waals surface area (Å²) in [6.45, 7) is 5.36. The van der Waals surface area contributed by atoms with E-state index in [4.69, 9.17) is 9.47 Å². The predicted molar refractivity (Wildman–Crippen MR) is 157 cm³/mol. The molecule has 1 aliphatic heterocycles. The second-order valence-electron chi connectivity index (χ2n) is 11.0. The monoisotopic (exact) mass is 552 g/mol. The number of benzene rings is 3. The molecular formula is C35H43F3O2. The molecule has 3 aromatic rings. The molecule has 0 amide bonds. The lowest BCUT2D eigenvalue weighted by Gasteiger charge is -2.29. The highest BCUT2D eigenvalue weighted by Gasteiger charge is 2.23. The van der Waals surface area contributed by atoms with Gasteiger partial charge >= 0.3 is 0 Å². The van der Waals surface area contributed by atoms with Crippen LogP contribution in [-0.2, 0) is 4.74 Å². The fraction of sp³-hybridized carbons (Fsp3) is 0.486. The number of halogens is 3. The Morgan fingerprint density at radius 3 is 2.08 bits per heavy atom. The SMILES string of the molecule is CCCCCCCOc1ccc(-c2ccc(-c3ccc(C4CCC(CCCCC)OC4)cc3F)cc2)c(F)c1F. The zero-order valence-corrected chi connectivity index (χ0v) is 24.0. The Morgan fingerprint density at radius 1 is 0.725 bits per heavy atom. The Labute approximate surface area is 237 Å². The lowest BCUT2D eigenvalue weighted by Crippen LogP contribution is -2.24. The first-order valence-electron chi connectivity index (χ1n) is 15.1. The molecule has 0 spiro atoms. The Kier molecular flexibility index (Phi) is 11.5. The van der Waals surface area contributed by atoms with Crippen molar-refractivity contribution in [2.45, 2.75) is 96.5 Å². The molecule has 5 heteroatoms. The van der Waals surface area contributed by atoms with Gasteiger partial charge in [0.05, 0.1) is 19.3 Å². The maximum Gasteiger partial charge on any atom is 0.201 e. The van der Waals surface area contributed by atoms with Crippen molar-refractivity contribution in [2.24, 2.45) is 0 Å². The minimum atomic E-state index is -0.976. The molecule has 2 nitrogen and oxygen atoms in total. The van der Waals surface area contributed by atoms with Gasteiger partial charge in [0.1, 0.15) is 5.82 Å². The summed E-state index contributed by atoms with van der Waals surface area (Å²) < 4.78 is 56.4. The van der Waals surface area contributed by atoms with Gasteiger partial charge in [-0.1, -0.05) is 95.2 Å². The van der Waals surface area contributed by atoms with E-state index in [1.165, 1.54) is 37.8 Å². The molecule has 1 fully saturated rings.